The van der Waals surface area contributed by atoms with Gasteiger partial charge in [0.1, 0.15) is 0 Å². The molecule has 0 N–H and O–H groups in total. The summed E-state index contributed by atoms with van der Waals surface area (Å²) < 4.78 is 0. The summed E-state index contributed by atoms with van der Waals surface area (Å²) in [4.78, 5) is 3.23. The van der Waals surface area contributed by atoms with Gasteiger partial charge >= 0.3 is 0 Å². The highest BCUT2D eigenvalue weighted by atomic mass is 32.1. The van der Waals surface area contributed by atoms with Crippen LogP contribution in [0.25, 0.3) is 0 Å². The molecule has 2 bridgehead atoms. The molecule has 0 radical (unpaired) electrons. The lowest BCUT2D eigenvalue weighted by Crippen LogP contribution is -2.17. The maximum atomic E-state index is 2.35. The maximum absolute atomic E-state index is 2.35. The Labute approximate surface area is 85.0 Å². The standard InChI is InChI=1S/C12H18S/c1-7(2)11-9-5-6-10(13-9)12(11)8(3)4/h5-8,11-12H,1-4H3. The summed E-state index contributed by atoms with van der Waals surface area (Å²) in [5, 5.41) is 0. The fourth-order valence-electron chi connectivity index (χ4n) is 2.57. The Kier molecular flexibility index (Phi) is 2.23. The summed E-state index contributed by atoms with van der Waals surface area (Å²) in [5.41, 5.74) is 0. The predicted molar refractivity (Wildman–Crippen MR) is 59.5 cm³/mol. The highest BCUT2D eigenvalue weighted by Crippen LogP contribution is 2.53. The average molecular weight is 194 g/mol. The summed E-state index contributed by atoms with van der Waals surface area (Å²) in [5.74, 6) is 3.20. The summed E-state index contributed by atoms with van der Waals surface area (Å²) >= 11 is 2.03. The Balaban J connectivity index is 2.33. The number of hydrogen-bond acceptors (Lipinski definition) is 1. The molecule has 0 amide bonds. The second-order valence-electron chi connectivity index (χ2n) is 4.78. The van der Waals surface area contributed by atoms with Crippen LogP contribution < -0.4 is 0 Å². The van der Waals surface area contributed by atoms with Crippen LogP contribution in [0.2, 0.25) is 0 Å². The van der Waals surface area contributed by atoms with E-state index in [1.807, 2.05) is 11.3 Å². The zero-order valence-electron chi connectivity index (χ0n) is 8.87. The van der Waals surface area contributed by atoms with Crippen molar-refractivity contribution in [3.63, 3.8) is 0 Å². The molecule has 1 aliphatic heterocycles. The van der Waals surface area contributed by atoms with Crippen molar-refractivity contribution < 1.29 is 0 Å². The number of fused-ring (bicyclic) bond motifs is 2. The molecular weight excluding hydrogens is 176 g/mol. The predicted octanol–water partition coefficient (Wildman–Crippen LogP) is 4.24. The number of thiophene rings is 1. The molecule has 1 aromatic rings. The van der Waals surface area contributed by atoms with Gasteiger partial charge in [0.2, 0.25) is 0 Å². The van der Waals surface area contributed by atoms with Crippen LogP contribution in [0.1, 0.15) is 49.3 Å². The Bertz CT molecular complexity index is 267. The van der Waals surface area contributed by atoms with Crippen LogP contribution in [0.3, 0.4) is 0 Å². The number of rotatable bonds is 2. The summed E-state index contributed by atoms with van der Waals surface area (Å²) in [6.45, 7) is 9.40. The first kappa shape index (κ1) is 9.26. The van der Waals surface area contributed by atoms with Crippen LogP contribution in [-0.4, -0.2) is 0 Å². The van der Waals surface area contributed by atoms with Crippen LogP contribution in [0, 0.1) is 11.8 Å². The van der Waals surface area contributed by atoms with E-state index >= 15 is 0 Å². The molecule has 0 spiro atoms. The van der Waals surface area contributed by atoms with Gasteiger partial charge in [-0.3, -0.25) is 0 Å². The van der Waals surface area contributed by atoms with Gasteiger partial charge in [-0.05, 0) is 24.0 Å². The van der Waals surface area contributed by atoms with Crippen molar-refractivity contribution in [2.45, 2.75) is 39.5 Å². The van der Waals surface area contributed by atoms with Crippen molar-refractivity contribution in [3.8, 4) is 0 Å². The lowest BCUT2D eigenvalue weighted by molar-refractivity contribution is 0.358. The van der Waals surface area contributed by atoms with Gasteiger partial charge in [0, 0.05) is 21.6 Å². The Morgan fingerprint density at radius 1 is 0.923 bits per heavy atom. The highest BCUT2D eigenvalue weighted by molar-refractivity contribution is 7.12. The third kappa shape index (κ3) is 1.34. The molecule has 72 valence electrons. The quantitative estimate of drug-likeness (QED) is 0.660. The minimum atomic E-state index is 0.789. The molecule has 0 nitrogen and oxygen atoms in total. The van der Waals surface area contributed by atoms with E-state index < -0.39 is 0 Å². The average Bonchev–Trinajstić information content (AvgIpc) is 2.60. The fraction of sp³-hybridized carbons (Fsp3) is 0.667. The summed E-state index contributed by atoms with van der Waals surface area (Å²) in [6.07, 6.45) is 0. The highest BCUT2D eigenvalue weighted by Gasteiger charge is 2.36. The molecule has 13 heavy (non-hydrogen) atoms. The van der Waals surface area contributed by atoms with Crippen molar-refractivity contribution in [2.75, 3.05) is 0 Å². The van der Waals surface area contributed by atoms with Crippen molar-refractivity contribution in [3.05, 3.63) is 21.9 Å². The largest absolute Gasteiger partial charge is 0.145 e. The van der Waals surface area contributed by atoms with E-state index in [2.05, 4.69) is 39.8 Å². The molecule has 1 aromatic heterocycles. The minimum Gasteiger partial charge on any atom is -0.145 e. The normalized spacial score (nSPS) is 26.3. The van der Waals surface area contributed by atoms with Crippen LogP contribution in [0.15, 0.2) is 12.1 Å². The van der Waals surface area contributed by atoms with E-state index in [1.54, 1.807) is 9.75 Å². The third-order valence-electron chi connectivity index (χ3n) is 3.13. The molecule has 1 heteroatoms. The van der Waals surface area contributed by atoms with Crippen molar-refractivity contribution in [1.82, 2.24) is 0 Å². The van der Waals surface area contributed by atoms with Gasteiger partial charge in [-0.1, -0.05) is 27.7 Å². The summed E-state index contributed by atoms with van der Waals surface area (Å²) in [6, 6.07) is 4.65. The first-order valence-electron chi connectivity index (χ1n) is 5.21. The molecule has 0 saturated heterocycles. The zero-order chi connectivity index (χ0) is 9.59. The topological polar surface area (TPSA) is 0 Å². The first-order valence-corrected chi connectivity index (χ1v) is 6.02. The smallest absolute Gasteiger partial charge is 0.00883 e. The molecule has 0 saturated carbocycles. The van der Waals surface area contributed by atoms with Gasteiger partial charge in [0.15, 0.2) is 0 Å². The Morgan fingerprint density at radius 2 is 1.31 bits per heavy atom. The van der Waals surface area contributed by atoms with Crippen LogP contribution in [0.4, 0.5) is 0 Å². The maximum Gasteiger partial charge on any atom is 0.00883 e. The molecule has 2 unspecified atom stereocenters. The van der Waals surface area contributed by atoms with Crippen molar-refractivity contribution in [2.24, 2.45) is 11.8 Å². The second-order valence-corrected chi connectivity index (χ2v) is 5.93. The van der Waals surface area contributed by atoms with E-state index in [0.29, 0.717) is 0 Å². The second kappa shape index (κ2) is 3.13. The van der Waals surface area contributed by atoms with E-state index in [-0.39, 0.29) is 0 Å². The fourth-order valence-corrected chi connectivity index (χ4v) is 4.22. The molecular formula is C12H18S. The van der Waals surface area contributed by atoms with Crippen molar-refractivity contribution in [1.29, 1.82) is 0 Å². The van der Waals surface area contributed by atoms with Crippen LogP contribution in [-0.2, 0) is 0 Å². The van der Waals surface area contributed by atoms with E-state index in [0.717, 1.165) is 23.7 Å². The molecule has 0 aliphatic carbocycles. The SMILES string of the molecule is CC(C)C1c2ccc(s2)C1C(C)C. The Morgan fingerprint density at radius 3 is 1.62 bits per heavy atom. The molecule has 0 fully saturated rings. The van der Waals surface area contributed by atoms with E-state index in [4.69, 9.17) is 0 Å². The third-order valence-corrected chi connectivity index (χ3v) is 4.42. The van der Waals surface area contributed by atoms with Gasteiger partial charge < -0.3 is 0 Å². The lowest BCUT2D eigenvalue weighted by atomic mass is 9.74. The van der Waals surface area contributed by atoms with Gasteiger partial charge in [0.25, 0.3) is 0 Å². The van der Waals surface area contributed by atoms with Gasteiger partial charge in [0.05, 0.1) is 0 Å². The lowest BCUT2D eigenvalue weighted by Gasteiger charge is -2.28. The summed E-state index contributed by atoms with van der Waals surface area (Å²) in [7, 11) is 0. The monoisotopic (exact) mass is 194 g/mol. The Hall–Kier alpha value is -0.300. The van der Waals surface area contributed by atoms with Gasteiger partial charge in [-0.25, -0.2) is 0 Å². The van der Waals surface area contributed by atoms with E-state index in [1.165, 1.54) is 0 Å². The van der Waals surface area contributed by atoms with Crippen LogP contribution >= 0.6 is 11.3 Å². The van der Waals surface area contributed by atoms with E-state index in [9.17, 15) is 0 Å². The first-order chi connectivity index (χ1) is 6.11. The van der Waals surface area contributed by atoms with Gasteiger partial charge in [-0.2, -0.15) is 0 Å². The van der Waals surface area contributed by atoms with Crippen molar-refractivity contribution >= 4 is 11.3 Å². The molecule has 2 atom stereocenters. The van der Waals surface area contributed by atoms with Gasteiger partial charge in [-0.15, -0.1) is 11.3 Å². The molecule has 2 rings (SSSR count). The minimum absolute atomic E-state index is 0.789. The molecule has 0 aromatic carbocycles. The molecule has 2 heterocycles. The molecule has 1 aliphatic rings. The zero-order valence-corrected chi connectivity index (χ0v) is 9.69. The number of hydrogen-bond donors (Lipinski definition) is 0. The van der Waals surface area contributed by atoms with Crippen LogP contribution in [0.5, 0.6) is 0 Å².